The molecule has 0 aliphatic heterocycles. The van der Waals surface area contributed by atoms with Crippen molar-refractivity contribution in [2.75, 3.05) is 6.66 Å². The molecule has 0 aliphatic rings. The summed E-state index contributed by atoms with van der Waals surface area (Å²) in [6.07, 6.45) is 0. The molecule has 0 spiro atoms. The normalized spacial score (nSPS) is 16.6. The average Bonchev–Trinajstić information content (AvgIpc) is 2.00. The minimum absolute atomic E-state index is 0. The third-order valence-corrected chi connectivity index (χ3v) is 8.58. The molecule has 0 rings (SSSR count). The van der Waals surface area contributed by atoms with Crippen molar-refractivity contribution in [3.8, 4) is 0 Å². The van der Waals surface area contributed by atoms with E-state index in [0.717, 1.165) is 0 Å². The molecule has 0 amide bonds. The molecule has 5 nitrogen and oxygen atoms in total. The maximum absolute atomic E-state index is 11.8. The van der Waals surface area contributed by atoms with Crippen LogP contribution in [0.5, 0.6) is 0 Å². The largest absolute Gasteiger partial charge is 0.408 e. The summed E-state index contributed by atoms with van der Waals surface area (Å²) in [7, 11) is -9.83. The van der Waals surface area contributed by atoms with Gasteiger partial charge in [0.05, 0.1) is 0 Å². The lowest BCUT2D eigenvalue weighted by molar-refractivity contribution is 0.314. The fourth-order valence-corrected chi connectivity index (χ4v) is 7.22. The quantitative estimate of drug-likeness (QED) is 0.498. The smallest absolute Gasteiger partial charge is 0.366 e. The van der Waals surface area contributed by atoms with E-state index in [2.05, 4.69) is 13.2 Å². The van der Waals surface area contributed by atoms with Gasteiger partial charge in [-0.25, -0.2) is 0 Å². The minimum atomic E-state index is -3.49. The standard InChI is InChI=1S/C7H17O5PSi2.6CH4/c1-6-14(4,9)11-13(3,8)12-15(5,10)7-2;;;;;;/h6-7,9-10H,1-2H2,3-5H3;6*1H4. The third kappa shape index (κ3) is 20.0. The van der Waals surface area contributed by atoms with Crippen LogP contribution >= 0.6 is 7.60 Å². The van der Waals surface area contributed by atoms with Crippen LogP contribution in [0.2, 0.25) is 13.1 Å². The molecule has 0 aliphatic carbocycles. The van der Waals surface area contributed by atoms with Crippen LogP contribution in [0.15, 0.2) is 24.6 Å². The van der Waals surface area contributed by atoms with Crippen molar-refractivity contribution in [1.29, 1.82) is 0 Å². The summed E-state index contributed by atoms with van der Waals surface area (Å²) in [5.41, 5.74) is 2.44. The van der Waals surface area contributed by atoms with Crippen LogP contribution in [-0.2, 0) is 13.0 Å². The lowest BCUT2D eigenvalue weighted by Crippen LogP contribution is -2.35. The second-order valence-electron chi connectivity index (χ2n) is 3.47. The number of hydrogen-bond acceptors (Lipinski definition) is 5. The highest BCUT2D eigenvalue weighted by Crippen LogP contribution is 2.48. The summed E-state index contributed by atoms with van der Waals surface area (Å²) >= 11 is 0. The van der Waals surface area contributed by atoms with Gasteiger partial charge in [0, 0.05) is 6.66 Å². The number of rotatable bonds is 6. The Balaban J connectivity index is -0.0000000653. The molecule has 2 N–H and O–H groups in total. The van der Waals surface area contributed by atoms with Crippen molar-refractivity contribution in [1.82, 2.24) is 0 Å². The molecule has 0 radical (unpaired) electrons. The average molecular weight is 365 g/mol. The van der Waals surface area contributed by atoms with E-state index in [1.54, 1.807) is 0 Å². The molecule has 21 heavy (non-hydrogen) atoms. The van der Waals surface area contributed by atoms with Gasteiger partial charge in [0.25, 0.3) is 0 Å². The van der Waals surface area contributed by atoms with Crippen LogP contribution in [0, 0.1) is 0 Å². The van der Waals surface area contributed by atoms with E-state index in [9.17, 15) is 14.2 Å². The Morgan fingerprint density at radius 3 is 1.19 bits per heavy atom. The fraction of sp³-hybridized carbons (Fsp3) is 0.692. The summed E-state index contributed by atoms with van der Waals surface area (Å²) in [5.74, 6) is 0. The first-order valence-corrected chi connectivity index (χ1v) is 11.1. The van der Waals surface area contributed by atoms with Gasteiger partial charge in [-0.05, 0) is 24.5 Å². The Bertz CT molecular complexity index is 281. The summed E-state index contributed by atoms with van der Waals surface area (Å²) in [6.45, 7) is 10.8. The zero-order valence-corrected chi connectivity index (χ0v) is 12.0. The molecule has 2 unspecified atom stereocenters. The van der Waals surface area contributed by atoms with E-state index in [1.165, 1.54) is 31.2 Å². The lowest BCUT2D eigenvalue weighted by atomic mass is 11.3. The van der Waals surface area contributed by atoms with Gasteiger partial charge < -0.3 is 18.0 Å². The predicted molar refractivity (Wildman–Crippen MR) is 104 cm³/mol. The fourth-order valence-electron chi connectivity index (χ4n) is 0.765. The molecule has 0 fully saturated rings. The van der Waals surface area contributed by atoms with Gasteiger partial charge in [-0.2, -0.15) is 0 Å². The highest BCUT2D eigenvalue weighted by molar-refractivity contribution is 7.56. The molecule has 0 heterocycles. The first-order valence-electron chi connectivity index (χ1n) is 4.24. The van der Waals surface area contributed by atoms with Crippen LogP contribution in [0.1, 0.15) is 44.6 Å². The Morgan fingerprint density at radius 1 is 0.857 bits per heavy atom. The van der Waals surface area contributed by atoms with Gasteiger partial charge in [0.2, 0.25) is 0 Å². The second-order valence-corrected chi connectivity index (χ2v) is 11.5. The Morgan fingerprint density at radius 2 is 1.05 bits per heavy atom. The molecule has 0 aromatic heterocycles. The van der Waals surface area contributed by atoms with Gasteiger partial charge in [-0.3, -0.25) is 4.57 Å². The summed E-state index contributed by atoms with van der Waals surface area (Å²) in [4.78, 5) is 19.2. The van der Waals surface area contributed by atoms with Crippen molar-refractivity contribution >= 4 is 24.7 Å². The van der Waals surface area contributed by atoms with Crippen LogP contribution in [0.4, 0.5) is 0 Å². The molecule has 136 valence electrons. The Labute approximate surface area is 136 Å². The summed E-state index contributed by atoms with van der Waals surface area (Å²) in [6, 6.07) is 0. The molecule has 8 heteroatoms. The van der Waals surface area contributed by atoms with Gasteiger partial charge in [0.15, 0.2) is 0 Å². The minimum Gasteiger partial charge on any atom is -0.408 e. The van der Waals surface area contributed by atoms with Crippen LogP contribution in [0.25, 0.3) is 0 Å². The molecular formula is C13H41O5PSi2. The van der Waals surface area contributed by atoms with Crippen LogP contribution in [0.3, 0.4) is 0 Å². The van der Waals surface area contributed by atoms with Gasteiger partial charge in [0.1, 0.15) is 0 Å². The second kappa shape index (κ2) is 14.9. The summed E-state index contributed by atoms with van der Waals surface area (Å²) < 4.78 is 21.7. The van der Waals surface area contributed by atoms with Crippen molar-refractivity contribution in [2.45, 2.75) is 57.7 Å². The topological polar surface area (TPSA) is 76.0 Å². The van der Waals surface area contributed by atoms with Crippen LogP contribution in [-0.4, -0.2) is 33.4 Å². The van der Waals surface area contributed by atoms with Crippen molar-refractivity contribution < 1.29 is 22.6 Å². The van der Waals surface area contributed by atoms with E-state index in [0.29, 0.717) is 0 Å². The highest BCUT2D eigenvalue weighted by atomic mass is 31.2. The van der Waals surface area contributed by atoms with E-state index in [-0.39, 0.29) is 44.6 Å². The first-order chi connectivity index (χ1) is 6.54. The third-order valence-electron chi connectivity index (χ3n) is 1.46. The zero-order valence-electron chi connectivity index (χ0n) is 9.14. The van der Waals surface area contributed by atoms with Crippen molar-refractivity contribution in [2.24, 2.45) is 0 Å². The van der Waals surface area contributed by atoms with Crippen molar-refractivity contribution in [3.63, 3.8) is 0 Å². The maximum Gasteiger partial charge on any atom is 0.366 e. The van der Waals surface area contributed by atoms with Gasteiger partial charge in [-0.1, -0.05) is 44.6 Å². The van der Waals surface area contributed by atoms with Gasteiger partial charge >= 0.3 is 24.7 Å². The Hall–Kier alpha value is -0.0162. The number of hydrogen-bond donors (Lipinski definition) is 2. The van der Waals surface area contributed by atoms with E-state index >= 15 is 0 Å². The molecule has 0 aromatic carbocycles. The molecule has 2 atom stereocenters. The van der Waals surface area contributed by atoms with E-state index in [4.69, 9.17) is 8.43 Å². The van der Waals surface area contributed by atoms with Crippen molar-refractivity contribution in [3.05, 3.63) is 24.6 Å². The first kappa shape index (κ1) is 42.9. The predicted octanol–water partition coefficient (Wildman–Crippen LogP) is 5.24. The van der Waals surface area contributed by atoms with Gasteiger partial charge in [-0.15, -0.1) is 13.2 Å². The molecule has 0 saturated carbocycles. The summed E-state index contributed by atoms with van der Waals surface area (Å²) in [5, 5.41) is 0. The van der Waals surface area contributed by atoms with E-state index in [1.807, 2.05) is 0 Å². The Kier molecular flexibility index (Phi) is 30.4. The SMILES string of the molecule is C.C.C.C.C.C.C=C[Si](C)(O)OP(C)(=O)O[Si](C)(O)C=C. The molecule has 0 saturated heterocycles. The molecular weight excluding hydrogens is 323 g/mol. The molecule has 0 aromatic rings. The zero-order chi connectivity index (χ0) is 12.3. The lowest BCUT2D eigenvalue weighted by Gasteiger charge is -2.26. The highest BCUT2D eigenvalue weighted by Gasteiger charge is 2.38. The monoisotopic (exact) mass is 364 g/mol. The maximum atomic E-state index is 11.8. The van der Waals surface area contributed by atoms with E-state index < -0.39 is 24.7 Å². The van der Waals surface area contributed by atoms with Crippen LogP contribution < -0.4 is 0 Å². The molecule has 0 bridgehead atoms.